The topological polar surface area (TPSA) is 47.6 Å². The number of hydrogen-bond donors (Lipinski definition) is 1. The molecule has 0 aliphatic carbocycles. The third kappa shape index (κ3) is 5.00. The number of alkyl halides is 6. The van der Waals surface area contributed by atoms with E-state index in [0.29, 0.717) is 23.8 Å². The smallest absolute Gasteiger partial charge is 0.428 e. The third-order valence-electron chi connectivity index (χ3n) is 4.87. The molecule has 0 fully saturated rings. The second-order valence-corrected chi connectivity index (χ2v) is 8.61. The van der Waals surface area contributed by atoms with E-state index >= 15 is 0 Å². The van der Waals surface area contributed by atoms with Crippen LogP contribution in [0.1, 0.15) is 53.4 Å². The van der Waals surface area contributed by atoms with Crippen molar-refractivity contribution in [1.82, 2.24) is 5.48 Å². The fourth-order valence-electron chi connectivity index (χ4n) is 3.31. The van der Waals surface area contributed by atoms with Gasteiger partial charge in [-0.15, -0.1) is 0 Å². The first-order chi connectivity index (χ1) is 15.0. The van der Waals surface area contributed by atoms with Crippen molar-refractivity contribution in [3.05, 3.63) is 76.4 Å². The average Bonchev–Trinajstić information content (AvgIpc) is 3.13. The van der Waals surface area contributed by atoms with Crippen molar-refractivity contribution in [2.24, 2.45) is 0 Å². The lowest BCUT2D eigenvalue weighted by atomic mass is 9.90. The summed E-state index contributed by atoms with van der Waals surface area (Å²) >= 11 is 0. The Kier molecular flexibility index (Phi) is 6.04. The molecular weight excluding hydrogens is 452 g/mol. The van der Waals surface area contributed by atoms with Crippen LogP contribution in [0.2, 0.25) is 0 Å². The molecule has 178 valence electrons. The number of benzene rings is 2. The third-order valence-corrected chi connectivity index (χ3v) is 4.87. The standard InChI is InChI=1S/C23H21F6NO3/c1-13-10-14(8-9-17(13)19(31)32-20(2,3)4)18-12-21(33-30-18,23(27,28)29)15-6-5-7-16(11-15)22(24,25)26/h5-12,30H,1-4H3. The molecule has 0 saturated carbocycles. The maximum absolute atomic E-state index is 14.1. The van der Waals surface area contributed by atoms with Crippen molar-refractivity contribution < 1.29 is 40.7 Å². The number of carbonyl (C=O) groups excluding carboxylic acids is 1. The fourth-order valence-corrected chi connectivity index (χ4v) is 3.31. The normalized spacial score (nSPS) is 19.2. The molecule has 0 bridgehead atoms. The second kappa shape index (κ2) is 8.09. The van der Waals surface area contributed by atoms with Crippen LogP contribution in [0.4, 0.5) is 26.3 Å². The van der Waals surface area contributed by atoms with Gasteiger partial charge in [0.15, 0.2) is 0 Å². The number of hydroxylamine groups is 1. The van der Waals surface area contributed by atoms with Crippen LogP contribution in [-0.4, -0.2) is 17.7 Å². The number of aryl methyl sites for hydroxylation is 1. The van der Waals surface area contributed by atoms with Crippen LogP contribution in [0.3, 0.4) is 0 Å². The van der Waals surface area contributed by atoms with E-state index in [4.69, 9.17) is 9.57 Å². The van der Waals surface area contributed by atoms with Gasteiger partial charge in [-0.3, -0.25) is 10.3 Å². The van der Waals surface area contributed by atoms with Gasteiger partial charge in [0.05, 0.1) is 16.8 Å². The molecule has 1 unspecified atom stereocenters. The summed E-state index contributed by atoms with van der Waals surface area (Å²) in [5.41, 5.74) is -2.84. The van der Waals surface area contributed by atoms with Crippen LogP contribution in [0, 0.1) is 6.92 Å². The van der Waals surface area contributed by atoms with E-state index in [2.05, 4.69) is 5.48 Å². The Balaban J connectivity index is 2.03. The van der Waals surface area contributed by atoms with Crippen molar-refractivity contribution in [2.45, 2.75) is 51.2 Å². The minimum absolute atomic E-state index is 0.108. The minimum atomic E-state index is -5.07. The molecule has 2 aromatic rings. The van der Waals surface area contributed by atoms with Crippen LogP contribution in [0.5, 0.6) is 0 Å². The van der Waals surface area contributed by atoms with E-state index < -0.39 is 40.7 Å². The molecule has 3 rings (SSSR count). The van der Waals surface area contributed by atoms with E-state index in [1.807, 2.05) is 0 Å². The van der Waals surface area contributed by atoms with E-state index in [-0.39, 0.29) is 16.8 Å². The van der Waals surface area contributed by atoms with E-state index in [1.165, 1.54) is 18.2 Å². The zero-order chi connectivity index (χ0) is 24.8. The summed E-state index contributed by atoms with van der Waals surface area (Å²) < 4.78 is 86.8. The molecule has 2 aromatic carbocycles. The van der Waals surface area contributed by atoms with Gasteiger partial charge in [0.2, 0.25) is 5.60 Å². The summed E-state index contributed by atoms with van der Waals surface area (Å²) in [6, 6.07) is 7.15. The fraction of sp³-hybridized carbons (Fsp3) is 0.348. The van der Waals surface area contributed by atoms with Gasteiger partial charge in [0, 0.05) is 5.56 Å². The Hall–Kier alpha value is -3.01. The van der Waals surface area contributed by atoms with Crippen molar-refractivity contribution in [1.29, 1.82) is 0 Å². The van der Waals surface area contributed by atoms with E-state index in [1.54, 1.807) is 27.7 Å². The maximum atomic E-state index is 14.1. The van der Waals surface area contributed by atoms with Crippen molar-refractivity contribution in [3.63, 3.8) is 0 Å². The SMILES string of the molecule is Cc1cc(C2=CC(c3cccc(C(F)(F)F)c3)(C(F)(F)F)ON2)ccc1C(=O)OC(C)(C)C. The van der Waals surface area contributed by atoms with Crippen molar-refractivity contribution in [2.75, 3.05) is 0 Å². The summed E-state index contributed by atoms with van der Waals surface area (Å²) in [7, 11) is 0. The molecule has 0 saturated heterocycles. The highest BCUT2D eigenvalue weighted by Gasteiger charge is 2.59. The quantitative estimate of drug-likeness (QED) is 0.420. The monoisotopic (exact) mass is 473 g/mol. The van der Waals surface area contributed by atoms with Crippen LogP contribution in [0.25, 0.3) is 5.70 Å². The van der Waals surface area contributed by atoms with Gasteiger partial charge >= 0.3 is 18.3 Å². The molecule has 0 spiro atoms. The molecule has 0 aromatic heterocycles. The molecule has 1 aliphatic rings. The van der Waals surface area contributed by atoms with Gasteiger partial charge in [-0.1, -0.05) is 18.2 Å². The molecular formula is C23H21F6NO3. The summed E-state index contributed by atoms with van der Waals surface area (Å²) in [6.45, 7) is 6.68. The molecule has 1 N–H and O–H groups in total. The van der Waals surface area contributed by atoms with Gasteiger partial charge in [-0.05, 0) is 69.2 Å². The highest BCUT2D eigenvalue weighted by molar-refractivity contribution is 5.92. The number of carbonyl (C=O) groups is 1. The van der Waals surface area contributed by atoms with Crippen LogP contribution < -0.4 is 5.48 Å². The van der Waals surface area contributed by atoms with Crippen LogP contribution >= 0.6 is 0 Å². The molecule has 1 aliphatic heterocycles. The number of halogens is 6. The summed E-state index contributed by atoms with van der Waals surface area (Å²) in [4.78, 5) is 17.2. The summed E-state index contributed by atoms with van der Waals surface area (Å²) in [6.07, 6.45) is -9.21. The number of hydrogen-bond acceptors (Lipinski definition) is 4. The molecule has 1 heterocycles. The largest absolute Gasteiger partial charge is 0.456 e. The van der Waals surface area contributed by atoms with Gasteiger partial charge in [0.25, 0.3) is 0 Å². The van der Waals surface area contributed by atoms with Gasteiger partial charge in [0.1, 0.15) is 5.60 Å². The number of rotatable bonds is 3. The number of ether oxygens (including phenoxy) is 1. The Bertz CT molecular complexity index is 1100. The molecule has 4 nitrogen and oxygen atoms in total. The molecule has 0 radical (unpaired) electrons. The Labute approximate surface area is 186 Å². The molecule has 0 amide bonds. The van der Waals surface area contributed by atoms with Gasteiger partial charge in [-0.25, -0.2) is 4.79 Å². The highest BCUT2D eigenvalue weighted by Crippen LogP contribution is 2.48. The van der Waals surface area contributed by atoms with Crippen LogP contribution in [-0.2, 0) is 21.4 Å². The van der Waals surface area contributed by atoms with Crippen molar-refractivity contribution in [3.8, 4) is 0 Å². The van der Waals surface area contributed by atoms with Gasteiger partial charge < -0.3 is 4.74 Å². The summed E-state index contributed by atoms with van der Waals surface area (Å²) in [5.74, 6) is -0.593. The Morgan fingerprint density at radius 2 is 1.67 bits per heavy atom. The van der Waals surface area contributed by atoms with E-state index in [9.17, 15) is 31.1 Å². The number of nitrogens with one attached hydrogen (secondary N) is 1. The Morgan fingerprint density at radius 3 is 2.21 bits per heavy atom. The predicted octanol–water partition coefficient (Wildman–Crippen LogP) is 6.30. The first kappa shape index (κ1) is 24.6. The minimum Gasteiger partial charge on any atom is -0.456 e. The van der Waals surface area contributed by atoms with Gasteiger partial charge in [-0.2, -0.15) is 26.3 Å². The summed E-state index contributed by atoms with van der Waals surface area (Å²) in [5, 5.41) is 0. The second-order valence-electron chi connectivity index (χ2n) is 8.61. The zero-order valence-electron chi connectivity index (χ0n) is 18.1. The first-order valence-corrected chi connectivity index (χ1v) is 9.79. The predicted molar refractivity (Wildman–Crippen MR) is 108 cm³/mol. The lowest BCUT2D eigenvalue weighted by molar-refractivity contribution is -0.269. The maximum Gasteiger partial charge on any atom is 0.428 e. The van der Waals surface area contributed by atoms with E-state index in [0.717, 1.165) is 12.1 Å². The molecule has 10 heteroatoms. The average molecular weight is 473 g/mol. The highest BCUT2D eigenvalue weighted by atomic mass is 19.4. The van der Waals surface area contributed by atoms with Crippen LogP contribution in [0.15, 0.2) is 48.5 Å². The Morgan fingerprint density at radius 1 is 1.00 bits per heavy atom. The molecule has 1 atom stereocenters. The zero-order valence-corrected chi connectivity index (χ0v) is 18.1. The first-order valence-electron chi connectivity index (χ1n) is 9.79. The lowest BCUT2D eigenvalue weighted by Gasteiger charge is -2.29. The van der Waals surface area contributed by atoms with Crippen molar-refractivity contribution >= 4 is 11.7 Å². The molecule has 33 heavy (non-hydrogen) atoms. The number of esters is 1. The lowest BCUT2D eigenvalue weighted by Crippen LogP contribution is -2.42.